The maximum Gasteiger partial charge on any atom is 0.0827 e. The van der Waals surface area contributed by atoms with E-state index in [4.69, 9.17) is 4.74 Å². The number of nitrogens with zero attached hydrogens (tertiary/aromatic N) is 1. The van der Waals surface area contributed by atoms with Crippen LogP contribution in [-0.2, 0) is 4.74 Å². The zero-order chi connectivity index (χ0) is 5.82. The Kier molecular flexibility index (Phi) is 2.27. The van der Waals surface area contributed by atoms with Crippen LogP contribution < -0.4 is 5.43 Å². The van der Waals surface area contributed by atoms with E-state index >= 15 is 0 Å². The smallest absolute Gasteiger partial charge is 0.0827 e. The molecule has 0 amide bonds. The molecule has 0 atom stereocenters. The van der Waals surface area contributed by atoms with Crippen molar-refractivity contribution in [2.45, 2.75) is 0 Å². The number of nitrogens with two attached hydrogens (primary N) is 1. The number of hydrogen-bond donors (Lipinski definition) is 1. The van der Waals surface area contributed by atoms with Crippen molar-refractivity contribution in [3.05, 3.63) is 0 Å². The van der Waals surface area contributed by atoms with E-state index in [2.05, 4.69) is 17.5 Å². The van der Waals surface area contributed by atoms with Gasteiger partial charge in [0.25, 0.3) is 0 Å². The van der Waals surface area contributed by atoms with Crippen molar-refractivity contribution in [2.75, 3.05) is 33.4 Å². The lowest BCUT2D eigenvalue weighted by Gasteiger charge is -2.21. The fourth-order valence-electron chi connectivity index (χ4n) is 0.836. The Morgan fingerprint density at radius 3 is 2.38 bits per heavy atom. The predicted octanol–water partition coefficient (Wildman–Crippen LogP) is -1.57. The van der Waals surface area contributed by atoms with E-state index in [0.29, 0.717) is 0 Å². The quantitative estimate of drug-likeness (QED) is 0.420. The zero-order valence-corrected chi connectivity index (χ0v) is 5.26. The lowest BCUT2D eigenvalue weighted by molar-refractivity contribution is -0.785. The highest BCUT2D eigenvalue weighted by Crippen LogP contribution is 1.86. The molecule has 48 valence electrons. The van der Waals surface area contributed by atoms with Gasteiger partial charge in [-0.15, -0.1) is 0 Å². The molecule has 0 unspecified atom stereocenters. The molecule has 3 heteroatoms. The van der Waals surface area contributed by atoms with Gasteiger partial charge >= 0.3 is 0 Å². The molecule has 0 aromatic carbocycles. The summed E-state index contributed by atoms with van der Waals surface area (Å²) in [5, 5.41) is 2.27. The number of rotatable bonds is 1. The summed E-state index contributed by atoms with van der Waals surface area (Å²) in [6, 6.07) is 0. The molecule has 0 aromatic heterocycles. The van der Waals surface area contributed by atoms with Crippen LogP contribution in [0.5, 0.6) is 0 Å². The van der Waals surface area contributed by atoms with E-state index < -0.39 is 0 Å². The first-order chi connectivity index (χ1) is 3.93. The Labute approximate surface area is 49.6 Å². The third kappa shape index (κ3) is 1.43. The minimum Gasteiger partial charge on any atom is -0.378 e. The average molecular weight is 117 g/mol. The van der Waals surface area contributed by atoms with Gasteiger partial charge in [0.15, 0.2) is 0 Å². The molecule has 0 aromatic rings. The van der Waals surface area contributed by atoms with E-state index in [1.54, 1.807) is 0 Å². The molecule has 8 heavy (non-hydrogen) atoms. The van der Waals surface area contributed by atoms with Crippen LogP contribution in [0.1, 0.15) is 0 Å². The number of morpholine rings is 1. The average Bonchev–Trinajstić information content (AvgIpc) is 1.90. The van der Waals surface area contributed by atoms with Gasteiger partial charge in [0.1, 0.15) is 0 Å². The first-order valence-electron chi connectivity index (χ1n) is 3.05. The van der Waals surface area contributed by atoms with Gasteiger partial charge in [-0.05, 0) is 0 Å². The van der Waals surface area contributed by atoms with Crippen LogP contribution >= 0.6 is 0 Å². The lowest BCUT2D eigenvalue weighted by atomic mass is 10.5. The number of hydrogen-bond acceptors (Lipinski definition) is 2. The lowest BCUT2D eigenvalue weighted by Crippen LogP contribution is -2.91. The highest BCUT2D eigenvalue weighted by molar-refractivity contribution is 4.48. The van der Waals surface area contributed by atoms with Crippen molar-refractivity contribution >= 4 is 0 Å². The molecule has 0 bridgehead atoms. The van der Waals surface area contributed by atoms with Crippen LogP contribution in [0.15, 0.2) is 0 Å². The zero-order valence-electron chi connectivity index (χ0n) is 5.26. The third-order valence-electron chi connectivity index (χ3n) is 1.41. The van der Waals surface area contributed by atoms with Gasteiger partial charge in [-0.1, -0.05) is 0 Å². The van der Waals surface area contributed by atoms with E-state index in [1.807, 2.05) is 0 Å². The molecule has 0 aliphatic carbocycles. The minimum atomic E-state index is 0.893. The van der Waals surface area contributed by atoms with Gasteiger partial charge < -0.3 is 4.74 Å². The van der Waals surface area contributed by atoms with E-state index in [1.165, 1.54) is 0 Å². The second kappa shape index (κ2) is 3.02. The Balaban J connectivity index is 2.13. The van der Waals surface area contributed by atoms with Gasteiger partial charge in [0, 0.05) is 0 Å². The van der Waals surface area contributed by atoms with Crippen LogP contribution in [-0.4, -0.2) is 38.4 Å². The highest BCUT2D eigenvalue weighted by Gasteiger charge is 2.09. The summed E-state index contributed by atoms with van der Waals surface area (Å²) in [5.74, 6) is 0. The van der Waals surface area contributed by atoms with Crippen molar-refractivity contribution < 1.29 is 10.2 Å². The second-order valence-electron chi connectivity index (χ2n) is 1.91. The summed E-state index contributed by atoms with van der Waals surface area (Å²) in [6.45, 7) is 3.92. The van der Waals surface area contributed by atoms with Gasteiger partial charge in [0.2, 0.25) is 0 Å². The number of ether oxygens (including phenoxy) is 1. The fraction of sp³-hybridized carbons (Fsp3) is 1.00. The largest absolute Gasteiger partial charge is 0.378 e. The van der Waals surface area contributed by atoms with Crippen molar-refractivity contribution in [1.82, 2.24) is 5.01 Å². The van der Waals surface area contributed by atoms with Crippen LogP contribution in [0, 0.1) is 0 Å². The molecule has 1 rings (SSSR count). The van der Waals surface area contributed by atoms with Gasteiger partial charge in [-0.3, -0.25) is 5.43 Å². The van der Waals surface area contributed by atoms with Gasteiger partial charge in [0.05, 0.1) is 33.4 Å². The Morgan fingerprint density at radius 1 is 1.38 bits per heavy atom. The maximum atomic E-state index is 5.14. The summed E-state index contributed by atoms with van der Waals surface area (Å²) in [5.41, 5.74) is 2.11. The van der Waals surface area contributed by atoms with E-state index in [-0.39, 0.29) is 0 Å². The van der Waals surface area contributed by atoms with E-state index in [9.17, 15) is 0 Å². The maximum absolute atomic E-state index is 5.14. The first-order valence-corrected chi connectivity index (χ1v) is 3.05. The van der Waals surface area contributed by atoms with Crippen LogP contribution in [0.25, 0.3) is 0 Å². The Morgan fingerprint density at radius 2 is 2.00 bits per heavy atom. The van der Waals surface area contributed by atoms with Crippen LogP contribution in [0.4, 0.5) is 0 Å². The van der Waals surface area contributed by atoms with Crippen LogP contribution in [0.2, 0.25) is 0 Å². The third-order valence-corrected chi connectivity index (χ3v) is 1.41. The molecule has 2 N–H and O–H groups in total. The molecule has 1 aliphatic rings. The number of quaternary nitrogens is 1. The topological polar surface area (TPSA) is 29.1 Å². The van der Waals surface area contributed by atoms with Crippen molar-refractivity contribution in [2.24, 2.45) is 0 Å². The first kappa shape index (κ1) is 6.01. The molecular weight excluding hydrogens is 104 g/mol. The molecule has 1 aliphatic heterocycles. The van der Waals surface area contributed by atoms with Gasteiger partial charge in [-0.2, -0.15) is 5.01 Å². The Hall–Kier alpha value is -0.120. The molecule has 0 saturated carbocycles. The molecule has 1 saturated heterocycles. The van der Waals surface area contributed by atoms with Crippen molar-refractivity contribution in [1.29, 1.82) is 0 Å². The Bertz CT molecular complexity index is 61.4. The predicted molar refractivity (Wildman–Crippen MR) is 30.2 cm³/mol. The second-order valence-corrected chi connectivity index (χ2v) is 1.91. The van der Waals surface area contributed by atoms with Crippen molar-refractivity contribution in [3.63, 3.8) is 0 Å². The van der Waals surface area contributed by atoms with Crippen molar-refractivity contribution in [3.8, 4) is 0 Å². The molecule has 3 nitrogen and oxygen atoms in total. The molecule has 1 fully saturated rings. The SMILES string of the molecule is C[NH2+]N1CCOCC1. The monoisotopic (exact) mass is 117 g/mol. The van der Waals surface area contributed by atoms with E-state index in [0.717, 1.165) is 26.3 Å². The summed E-state index contributed by atoms with van der Waals surface area (Å²) in [7, 11) is 2.06. The molecule has 1 heterocycles. The van der Waals surface area contributed by atoms with Crippen LogP contribution in [0.3, 0.4) is 0 Å². The van der Waals surface area contributed by atoms with Gasteiger partial charge in [-0.25, -0.2) is 0 Å². The molecular formula is C5H13N2O+. The highest BCUT2D eigenvalue weighted by atomic mass is 16.5. The summed E-state index contributed by atoms with van der Waals surface area (Å²) in [4.78, 5) is 0. The summed E-state index contributed by atoms with van der Waals surface area (Å²) in [6.07, 6.45) is 0. The normalized spacial score (nSPS) is 23.6. The fourth-order valence-corrected chi connectivity index (χ4v) is 0.836. The molecule has 0 radical (unpaired) electrons. The summed E-state index contributed by atoms with van der Waals surface area (Å²) < 4.78 is 5.14. The standard InChI is InChI=1S/C5H12N2O/c1-6-7-2-4-8-5-3-7/h6H,2-5H2,1H3/p+1. The minimum absolute atomic E-state index is 0.893. The summed E-state index contributed by atoms with van der Waals surface area (Å²) >= 11 is 0. The molecule has 0 spiro atoms.